The maximum absolute atomic E-state index is 5.15. The molecule has 20 heavy (non-hydrogen) atoms. The van der Waals surface area contributed by atoms with E-state index in [1.54, 1.807) is 0 Å². The third-order valence-corrected chi connectivity index (χ3v) is 3.24. The fraction of sp³-hybridized carbons (Fsp3) is 0.214. The van der Waals surface area contributed by atoms with Crippen LogP contribution >= 0.6 is 0 Å². The molecule has 3 rings (SSSR count). The van der Waals surface area contributed by atoms with E-state index in [1.165, 1.54) is 12.0 Å². The van der Waals surface area contributed by atoms with E-state index in [4.69, 9.17) is 4.42 Å². The maximum atomic E-state index is 5.15. The van der Waals surface area contributed by atoms with Crippen molar-refractivity contribution >= 4 is 5.69 Å². The number of hydrogen-bond donors (Lipinski definition) is 2. The fourth-order valence-electron chi connectivity index (χ4n) is 2.05. The zero-order chi connectivity index (χ0) is 13.9. The summed E-state index contributed by atoms with van der Waals surface area (Å²) >= 11 is 0. The highest BCUT2D eigenvalue weighted by Gasteiger charge is 2.06. The summed E-state index contributed by atoms with van der Waals surface area (Å²) in [7, 11) is 0. The number of aryl methyl sites for hydroxylation is 2. The Kier molecular flexibility index (Phi) is 3.20. The Labute approximate surface area is 116 Å². The SMILES string of the molecule is Cc1n[nH]c(C)c1CNc1ccc(-c2nnco2)cc1. The summed E-state index contributed by atoms with van der Waals surface area (Å²) in [6.45, 7) is 4.77. The van der Waals surface area contributed by atoms with Crippen LogP contribution in [0.25, 0.3) is 11.5 Å². The van der Waals surface area contributed by atoms with Crippen LogP contribution in [0.4, 0.5) is 5.69 Å². The molecule has 6 heteroatoms. The Morgan fingerprint density at radius 3 is 2.60 bits per heavy atom. The molecule has 0 amide bonds. The summed E-state index contributed by atoms with van der Waals surface area (Å²) < 4.78 is 5.15. The molecule has 0 aliphatic carbocycles. The van der Waals surface area contributed by atoms with Crippen molar-refractivity contribution in [2.24, 2.45) is 0 Å². The number of benzene rings is 1. The molecule has 0 atom stereocenters. The lowest BCUT2D eigenvalue weighted by Crippen LogP contribution is -2.01. The molecule has 0 spiro atoms. The lowest BCUT2D eigenvalue weighted by Gasteiger charge is -2.07. The van der Waals surface area contributed by atoms with Gasteiger partial charge in [0, 0.05) is 29.1 Å². The molecule has 2 N–H and O–H groups in total. The number of aromatic amines is 1. The molecular formula is C14H15N5O. The second kappa shape index (κ2) is 5.16. The van der Waals surface area contributed by atoms with E-state index in [2.05, 4.69) is 25.7 Å². The zero-order valence-electron chi connectivity index (χ0n) is 11.3. The lowest BCUT2D eigenvalue weighted by atomic mass is 10.1. The second-order valence-electron chi connectivity index (χ2n) is 4.59. The monoisotopic (exact) mass is 269 g/mol. The summed E-state index contributed by atoms with van der Waals surface area (Å²) in [5, 5.41) is 18.1. The van der Waals surface area contributed by atoms with Crippen molar-refractivity contribution in [3.63, 3.8) is 0 Å². The van der Waals surface area contributed by atoms with E-state index in [0.29, 0.717) is 5.89 Å². The third-order valence-electron chi connectivity index (χ3n) is 3.24. The van der Waals surface area contributed by atoms with Crippen LogP contribution < -0.4 is 5.32 Å². The topological polar surface area (TPSA) is 79.6 Å². The molecule has 0 saturated carbocycles. The smallest absolute Gasteiger partial charge is 0.247 e. The largest absolute Gasteiger partial charge is 0.423 e. The first kappa shape index (κ1) is 12.4. The molecule has 0 unspecified atom stereocenters. The lowest BCUT2D eigenvalue weighted by molar-refractivity contribution is 0.568. The first-order chi connectivity index (χ1) is 9.74. The summed E-state index contributed by atoms with van der Waals surface area (Å²) in [5.41, 5.74) is 5.26. The average Bonchev–Trinajstić information content (AvgIpc) is 3.09. The van der Waals surface area contributed by atoms with Gasteiger partial charge in [-0.15, -0.1) is 10.2 Å². The Morgan fingerprint density at radius 1 is 1.20 bits per heavy atom. The molecule has 2 aromatic heterocycles. The maximum Gasteiger partial charge on any atom is 0.247 e. The highest BCUT2D eigenvalue weighted by molar-refractivity contribution is 5.58. The highest BCUT2D eigenvalue weighted by Crippen LogP contribution is 2.20. The number of anilines is 1. The van der Waals surface area contributed by atoms with Crippen LogP contribution in [-0.2, 0) is 6.54 Å². The fourth-order valence-corrected chi connectivity index (χ4v) is 2.05. The first-order valence-electron chi connectivity index (χ1n) is 6.35. The number of aromatic nitrogens is 4. The van der Waals surface area contributed by atoms with Gasteiger partial charge in [-0.3, -0.25) is 5.10 Å². The number of hydrogen-bond acceptors (Lipinski definition) is 5. The molecule has 0 radical (unpaired) electrons. The van der Waals surface area contributed by atoms with Gasteiger partial charge in [0.25, 0.3) is 0 Å². The molecular weight excluding hydrogens is 254 g/mol. The van der Waals surface area contributed by atoms with Gasteiger partial charge in [-0.05, 0) is 38.1 Å². The van der Waals surface area contributed by atoms with Crippen LogP contribution in [0.1, 0.15) is 17.0 Å². The molecule has 1 aromatic carbocycles. The number of rotatable bonds is 4. The minimum Gasteiger partial charge on any atom is -0.423 e. The number of nitrogens with one attached hydrogen (secondary N) is 2. The molecule has 0 saturated heterocycles. The summed E-state index contributed by atoms with van der Waals surface area (Å²) in [6, 6.07) is 7.88. The van der Waals surface area contributed by atoms with E-state index in [0.717, 1.165) is 29.2 Å². The molecule has 3 aromatic rings. The quantitative estimate of drug-likeness (QED) is 0.761. The molecule has 102 valence electrons. The Bertz CT molecular complexity index is 665. The van der Waals surface area contributed by atoms with Crippen LogP contribution in [0.5, 0.6) is 0 Å². The minimum absolute atomic E-state index is 0.526. The Hall–Kier alpha value is -2.63. The van der Waals surface area contributed by atoms with Gasteiger partial charge < -0.3 is 9.73 Å². The Morgan fingerprint density at radius 2 is 2.00 bits per heavy atom. The molecule has 0 bridgehead atoms. The third kappa shape index (κ3) is 2.40. The van der Waals surface area contributed by atoms with Crippen LogP contribution in [0.15, 0.2) is 35.1 Å². The second-order valence-corrected chi connectivity index (χ2v) is 4.59. The average molecular weight is 269 g/mol. The van der Waals surface area contributed by atoms with Gasteiger partial charge >= 0.3 is 0 Å². The van der Waals surface area contributed by atoms with Crippen LogP contribution in [-0.4, -0.2) is 20.4 Å². The van der Waals surface area contributed by atoms with Gasteiger partial charge in [-0.1, -0.05) is 0 Å². The van der Waals surface area contributed by atoms with E-state index in [9.17, 15) is 0 Å². The van der Waals surface area contributed by atoms with Crippen molar-refractivity contribution in [3.05, 3.63) is 47.6 Å². The summed E-state index contributed by atoms with van der Waals surface area (Å²) in [6.07, 6.45) is 1.33. The molecule has 0 aliphatic heterocycles. The molecule has 0 aliphatic rings. The van der Waals surface area contributed by atoms with Crippen molar-refractivity contribution in [1.82, 2.24) is 20.4 Å². The highest BCUT2D eigenvalue weighted by atomic mass is 16.4. The zero-order valence-corrected chi connectivity index (χ0v) is 11.3. The number of nitrogens with zero attached hydrogens (tertiary/aromatic N) is 3. The standard InChI is InChI=1S/C14H15N5O/c1-9-13(10(2)18-17-9)7-15-12-5-3-11(4-6-12)14-19-16-8-20-14/h3-6,8,15H,7H2,1-2H3,(H,17,18). The predicted octanol–water partition coefficient (Wildman–Crippen LogP) is 2.69. The molecule has 2 heterocycles. The van der Waals surface area contributed by atoms with E-state index in [-0.39, 0.29) is 0 Å². The van der Waals surface area contributed by atoms with E-state index >= 15 is 0 Å². The van der Waals surface area contributed by atoms with E-state index < -0.39 is 0 Å². The number of H-pyrrole nitrogens is 1. The van der Waals surface area contributed by atoms with Crippen molar-refractivity contribution in [1.29, 1.82) is 0 Å². The predicted molar refractivity (Wildman–Crippen MR) is 75.1 cm³/mol. The van der Waals surface area contributed by atoms with Gasteiger partial charge in [0.1, 0.15) is 0 Å². The summed E-state index contributed by atoms with van der Waals surface area (Å²) in [4.78, 5) is 0. The van der Waals surface area contributed by atoms with Crippen LogP contribution in [0.2, 0.25) is 0 Å². The van der Waals surface area contributed by atoms with Crippen LogP contribution in [0, 0.1) is 13.8 Å². The Balaban J connectivity index is 1.70. The molecule has 0 fully saturated rings. The normalized spacial score (nSPS) is 10.7. The first-order valence-corrected chi connectivity index (χ1v) is 6.35. The van der Waals surface area contributed by atoms with Gasteiger partial charge in [-0.2, -0.15) is 5.10 Å². The molecule has 6 nitrogen and oxygen atoms in total. The van der Waals surface area contributed by atoms with Crippen LogP contribution in [0.3, 0.4) is 0 Å². The van der Waals surface area contributed by atoms with E-state index in [1.807, 2.05) is 38.1 Å². The summed E-state index contributed by atoms with van der Waals surface area (Å²) in [5.74, 6) is 0.526. The van der Waals surface area contributed by atoms with Crippen molar-refractivity contribution < 1.29 is 4.42 Å². The van der Waals surface area contributed by atoms with Gasteiger partial charge in [0.05, 0.1) is 5.69 Å². The van der Waals surface area contributed by atoms with Gasteiger partial charge in [0.2, 0.25) is 12.3 Å². The minimum atomic E-state index is 0.526. The van der Waals surface area contributed by atoms with Gasteiger partial charge in [-0.25, -0.2) is 0 Å². The van der Waals surface area contributed by atoms with Crippen molar-refractivity contribution in [3.8, 4) is 11.5 Å². The van der Waals surface area contributed by atoms with Crippen molar-refractivity contribution in [2.75, 3.05) is 5.32 Å². The van der Waals surface area contributed by atoms with Crippen molar-refractivity contribution in [2.45, 2.75) is 20.4 Å². The van der Waals surface area contributed by atoms with Gasteiger partial charge in [0.15, 0.2) is 0 Å².